The molecule has 0 heterocycles. The van der Waals surface area contributed by atoms with Crippen molar-refractivity contribution in [1.82, 2.24) is 5.32 Å². The predicted molar refractivity (Wildman–Crippen MR) is 72.4 cm³/mol. The third-order valence-corrected chi connectivity index (χ3v) is 3.11. The van der Waals surface area contributed by atoms with Crippen LogP contribution in [0.1, 0.15) is 65.7 Å². The number of carboxylic acids is 1. The van der Waals surface area contributed by atoms with Gasteiger partial charge in [-0.25, -0.2) is 0 Å². The van der Waals surface area contributed by atoms with E-state index in [0.717, 1.165) is 32.1 Å². The summed E-state index contributed by atoms with van der Waals surface area (Å²) in [7, 11) is 0. The Morgan fingerprint density at radius 1 is 1.11 bits per heavy atom. The molecular weight excluding hydrogens is 230 g/mol. The molecule has 2 atom stereocenters. The van der Waals surface area contributed by atoms with Gasteiger partial charge in [0.15, 0.2) is 0 Å². The van der Waals surface area contributed by atoms with Crippen LogP contribution in [0.25, 0.3) is 0 Å². The Balaban J connectivity index is 3.61. The average molecular weight is 257 g/mol. The molecule has 0 fully saturated rings. The summed E-state index contributed by atoms with van der Waals surface area (Å²) >= 11 is 0. The van der Waals surface area contributed by atoms with Gasteiger partial charge in [-0.3, -0.25) is 9.59 Å². The maximum absolute atomic E-state index is 11.5. The van der Waals surface area contributed by atoms with E-state index in [1.54, 1.807) is 6.92 Å². The number of carboxylic acid groups (broad SMARTS) is 1. The Labute approximate surface area is 110 Å². The second-order valence-corrected chi connectivity index (χ2v) is 5.10. The first kappa shape index (κ1) is 16.9. The van der Waals surface area contributed by atoms with E-state index >= 15 is 0 Å². The Morgan fingerprint density at radius 3 is 2.33 bits per heavy atom. The fourth-order valence-corrected chi connectivity index (χ4v) is 1.81. The van der Waals surface area contributed by atoms with Crippen molar-refractivity contribution >= 4 is 11.9 Å². The molecule has 0 aromatic carbocycles. The van der Waals surface area contributed by atoms with E-state index in [-0.39, 0.29) is 17.9 Å². The molecular formula is C14H27NO3. The van der Waals surface area contributed by atoms with Gasteiger partial charge >= 0.3 is 5.97 Å². The van der Waals surface area contributed by atoms with E-state index < -0.39 is 5.97 Å². The van der Waals surface area contributed by atoms with Crippen LogP contribution in [0, 0.1) is 5.92 Å². The number of hydrogen-bond donors (Lipinski definition) is 2. The zero-order valence-electron chi connectivity index (χ0n) is 11.9. The molecule has 0 aliphatic carbocycles. The number of carbonyl (C=O) groups excluding carboxylic acids is 1. The Morgan fingerprint density at radius 2 is 1.78 bits per heavy atom. The van der Waals surface area contributed by atoms with Crippen LogP contribution in [-0.4, -0.2) is 23.0 Å². The second kappa shape index (κ2) is 9.92. The van der Waals surface area contributed by atoms with E-state index in [9.17, 15) is 9.59 Å². The Bertz CT molecular complexity index is 253. The van der Waals surface area contributed by atoms with Crippen LogP contribution < -0.4 is 5.32 Å². The van der Waals surface area contributed by atoms with Crippen molar-refractivity contribution in [1.29, 1.82) is 0 Å². The highest BCUT2D eigenvalue weighted by Crippen LogP contribution is 2.10. The van der Waals surface area contributed by atoms with Crippen LogP contribution in [0.4, 0.5) is 0 Å². The highest BCUT2D eigenvalue weighted by atomic mass is 16.4. The summed E-state index contributed by atoms with van der Waals surface area (Å²) < 4.78 is 0. The standard InChI is InChI=1S/C14H27NO3/c1-4-5-6-10-13(16)15-12(3)9-7-8-11(2)14(17)18/h11-12H,4-10H2,1-3H3,(H,15,16)(H,17,18). The van der Waals surface area contributed by atoms with Gasteiger partial charge in [-0.15, -0.1) is 0 Å². The molecule has 0 saturated heterocycles. The quantitative estimate of drug-likeness (QED) is 0.591. The maximum atomic E-state index is 11.5. The number of carbonyl (C=O) groups is 2. The summed E-state index contributed by atoms with van der Waals surface area (Å²) in [5.74, 6) is -0.925. The van der Waals surface area contributed by atoms with Gasteiger partial charge in [0.2, 0.25) is 5.91 Å². The molecule has 0 spiro atoms. The molecule has 0 bridgehead atoms. The fourth-order valence-electron chi connectivity index (χ4n) is 1.81. The zero-order valence-corrected chi connectivity index (χ0v) is 11.9. The summed E-state index contributed by atoms with van der Waals surface area (Å²) in [5.41, 5.74) is 0. The van der Waals surface area contributed by atoms with E-state index in [2.05, 4.69) is 12.2 Å². The first-order valence-corrected chi connectivity index (χ1v) is 6.99. The molecule has 0 aliphatic rings. The third-order valence-electron chi connectivity index (χ3n) is 3.11. The lowest BCUT2D eigenvalue weighted by Crippen LogP contribution is -2.32. The third kappa shape index (κ3) is 9.02. The van der Waals surface area contributed by atoms with Gasteiger partial charge in [-0.2, -0.15) is 0 Å². The largest absolute Gasteiger partial charge is 0.481 e. The molecule has 0 aliphatic heterocycles. The molecule has 0 aromatic rings. The highest BCUT2D eigenvalue weighted by molar-refractivity contribution is 5.76. The van der Waals surface area contributed by atoms with Crippen molar-refractivity contribution in [2.75, 3.05) is 0 Å². The monoisotopic (exact) mass is 257 g/mol. The molecule has 1 amide bonds. The lowest BCUT2D eigenvalue weighted by atomic mass is 10.0. The topological polar surface area (TPSA) is 66.4 Å². The average Bonchev–Trinajstić information content (AvgIpc) is 2.28. The van der Waals surface area contributed by atoms with E-state index in [4.69, 9.17) is 5.11 Å². The molecule has 0 aromatic heterocycles. The molecule has 4 heteroatoms. The number of rotatable bonds is 10. The SMILES string of the molecule is CCCCCC(=O)NC(C)CCCC(C)C(=O)O. The van der Waals surface area contributed by atoms with Crippen molar-refractivity contribution < 1.29 is 14.7 Å². The molecule has 2 unspecified atom stereocenters. The maximum Gasteiger partial charge on any atom is 0.306 e. The smallest absolute Gasteiger partial charge is 0.306 e. The first-order chi connectivity index (χ1) is 8.47. The number of aliphatic carboxylic acids is 1. The molecule has 0 rings (SSSR count). The molecule has 4 nitrogen and oxygen atoms in total. The summed E-state index contributed by atoms with van der Waals surface area (Å²) in [5, 5.41) is 11.7. The van der Waals surface area contributed by atoms with Crippen molar-refractivity contribution in [3.8, 4) is 0 Å². The number of nitrogens with one attached hydrogen (secondary N) is 1. The van der Waals surface area contributed by atoms with Gasteiger partial charge in [0, 0.05) is 12.5 Å². The van der Waals surface area contributed by atoms with Crippen molar-refractivity contribution in [3.05, 3.63) is 0 Å². The van der Waals surface area contributed by atoms with Crippen LogP contribution in [0.2, 0.25) is 0 Å². The summed E-state index contributed by atoms with van der Waals surface area (Å²) in [6, 6.07) is 0.139. The summed E-state index contributed by atoms with van der Waals surface area (Å²) in [6.45, 7) is 5.81. The van der Waals surface area contributed by atoms with E-state index in [1.807, 2.05) is 6.92 Å². The minimum absolute atomic E-state index is 0.113. The van der Waals surface area contributed by atoms with Gasteiger partial charge in [0.1, 0.15) is 0 Å². The lowest BCUT2D eigenvalue weighted by molar-refractivity contribution is -0.141. The van der Waals surface area contributed by atoms with Crippen LogP contribution in [0.3, 0.4) is 0 Å². The molecule has 0 saturated carbocycles. The summed E-state index contributed by atoms with van der Waals surface area (Å²) in [6.07, 6.45) is 6.12. The van der Waals surface area contributed by atoms with E-state index in [1.165, 1.54) is 0 Å². The number of amides is 1. The van der Waals surface area contributed by atoms with Crippen LogP contribution in [0.15, 0.2) is 0 Å². The molecule has 18 heavy (non-hydrogen) atoms. The van der Waals surface area contributed by atoms with Gasteiger partial charge in [-0.1, -0.05) is 33.1 Å². The predicted octanol–water partition coefficient (Wildman–Crippen LogP) is 2.96. The molecule has 106 valence electrons. The Kier molecular flexibility index (Phi) is 9.33. The lowest BCUT2D eigenvalue weighted by Gasteiger charge is -2.14. The molecule has 0 radical (unpaired) electrons. The number of unbranched alkanes of at least 4 members (excludes halogenated alkanes) is 2. The molecule has 2 N–H and O–H groups in total. The van der Waals surface area contributed by atoms with E-state index in [0.29, 0.717) is 12.8 Å². The van der Waals surface area contributed by atoms with Gasteiger partial charge in [0.05, 0.1) is 5.92 Å². The van der Waals surface area contributed by atoms with Crippen LogP contribution in [-0.2, 0) is 9.59 Å². The minimum Gasteiger partial charge on any atom is -0.481 e. The minimum atomic E-state index is -0.744. The van der Waals surface area contributed by atoms with Crippen molar-refractivity contribution in [2.24, 2.45) is 5.92 Å². The number of hydrogen-bond acceptors (Lipinski definition) is 2. The van der Waals surface area contributed by atoms with Gasteiger partial charge in [-0.05, 0) is 26.2 Å². The Hall–Kier alpha value is -1.06. The highest BCUT2D eigenvalue weighted by Gasteiger charge is 2.12. The van der Waals surface area contributed by atoms with Gasteiger partial charge < -0.3 is 10.4 Å². The van der Waals surface area contributed by atoms with Gasteiger partial charge in [0.25, 0.3) is 0 Å². The van der Waals surface area contributed by atoms with Crippen molar-refractivity contribution in [3.63, 3.8) is 0 Å². The normalized spacial score (nSPS) is 13.9. The fraction of sp³-hybridized carbons (Fsp3) is 0.857. The van der Waals surface area contributed by atoms with Crippen LogP contribution >= 0.6 is 0 Å². The summed E-state index contributed by atoms with van der Waals surface area (Å²) in [4.78, 5) is 22.2. The zero-order chi connectivity index (χ0) is 14.0. The van der Waals surface area contributed by atoms with Crippen LogP contribution in [0.5, 0.6) is 0 Å². The van der Waals surface area contributed by atoms with Crippen molar-refractivity contribution in [2.45, 2.75) is 71.8 Å². The second-order valence-electron chi connectivity index (χ2n) is 5.10. The first-order valence-electron chi connectivity index (χ1n) is 6.99.